The molecule has 5 nitrogen and oxygen atoms in total. The summed E-state index contributed by atoms with van der Waals surface area (Å²) in [6.07, 6.45) is 0.686. The summed E-state index contributed by atoms with van der Waals surface area (Å²) < 4.78 is 28.3. The van der Waals surface area contributed by atoms with Crippen molar-refractivity contribution in [2.24, 2.45) is 5.73 Å². The van der Waals surface area contributed by atoms with Gasteiger partial charge in [-0.25, -0.2) is 8.42 Å². The van der Waals surface area contributed by atoms with Crippen LogP contribution in [0.4, 0.5) is 0 Å². The molecule has 0 aliphatic carbocycles. The van der Waals surface area contributed by atoms with Gasteiger partial charge in [0.1, 0.15) is 5.75 Å². The minimum absolute atomic E-state index is 0.0270. The maximum atomic E-state index is 11.6. The third-order valence-corrected chi connectivity index (χ3v) is 5.75. The van der Waals surface area contributed by atoms with Crippen molar-refractivity contribution in [1.82, 2.24) is 4.90 Å². The number of hydrogen-bond donors (Lipinski definition) is 1. The third kappa shape index (κ3) is 3.31. The van der Waals surface area contributed by atoms with Gasteiger partial charge in [0, 0.05) is 18.6 Å². The summed E-state index contributed by atoms with van der Waals surface area (Å²) in [5.41, 5.74) is 6.97. The fourth-order valence-electron chi connectivity index (χ4n) is 2.71. The van der Waals surface area contributed by atoms with Gasteiger partial charge in [-0.05, 0) is 31.2 Å². The Balaban J connectivity index is 2.14. The first-order chi connectivity index (χ1) is 9.46. The van der Waals surface area contributed by atoms with E-state index >= 15 is 0 Å². The molecule has 1 aromatic carbocycles. The average Bonchev–Trinajstić information content (AvgIpc) is 2.80. The molecule has 0 amide bonds. The van der Waals surface area contributed by atoms with Crippen molar-refractivity contribution in [3.63, 3.8) is 0 Å². The molecule has 0 spiro atoms. The van der Waals surface area contributed by atoms with Crippen LogP contribution in [-0.4, -0.2) is 51.6 Å². The van der Waals surface area contributed by atoms with E-state index in [9.17, 15) is 8.42 Å². The summed E-state index contributed by atoms with van der Waals surface area (Å²) in [4.78, 5) is 2.09. The summed E-state index contributed by atoms with van der Waals surface area (Å²) in [5.74, 6) is 1.31. The standard InChI is InChI=1S/C14H22N2O3S/c1-16(12-7-8-20(17,18)10-12)14(9-15)11-3-5-13(19-2)6-4-11/h3-6,12,14H,7-10,15H2,1-2H3. The Kier molecular flexibility index (Phi) is 4.67. The molecule has 2 rings (SSSR count). The smallest absolute Gasteiger partial charge is 0.151 e. The van der Waals surface area contributed by atoms with Crippen LogP contribution in [0.5, 0.6) is 5.75 Å². The monoisotopic (exact) mass is 298 g/mol. The number of sulfone groups is 1. The molecule has 1 saturated heterocycles. The molecule has 2 N–H and O–H groups in total. The lowest BCUT2D eigenvalue weighted by Crippen LogP contribution is -2.39. The van der Waals surface area contributed by atoms with Crippen molar-refractivity contribution in [2.75, 3.05) is 32.2 Å². The SMILES string of the molecule is COc1ccc(C(CN)N(C)C2CCS(=O)(=O)C2)cc1. The molecule has 112 valence electrons. The van der Waals surface area contributed by atoms with Crippen LogP contribution in [0.15, 0.2) is 24.3 Å². The van der Waals surface area contributed by atoms with Crippen LogP contribution in [0, 0.1) is 0 Å². The van der Waals surface area contributed by atoms with Crippen molar-refractivity contribution < 1.29 is 13.2 Å². The van der Waals surface area contributed by atoms with Crippen LogP contribution < -0.4 is 10.5 Å². The molecule has 0 radical (unpaired) electrons. The second kappa shape index (κ2) is 6.11. The highest BCUT2D eigenvalue weighted by Gasteiger charge is 2.33. The van der Waals surface area contributed by atoms with Crippen LogP contribution >= 0.6 is 0 Å². The van der Waals surface area contributed by atoms with Crippen LogP contribution in [0.3, 0.4) is 0 Å². The zero-order chi connectivity index (χ0) is 14.8. The molecule has 1 aliphatic rings. The van der Waals surface area contributed by atoms with Gasteiger partial charge in [-0.15, -0.1) is 0 Å². The largest absolute Gasteiger partial charge is 0.497 e. The normalized spacial score (nSPS) is 22.9. The molecule has 0 aromatic heterocycles. The topological polar surface area (TPSA) is 72.6 Å². The Morgan fingerprint density at radius 1 is 1.40 bits per heavy atom. The fourth-order valence-corrected chi connectivity index (χ4v) is 4.50. The Labute approximate surface area is 120 Å². The van der Waals surface area contributed by atoms with E-state index in [-0.39, 0.29) is 23.6 Å². The van der Waals surface area contributed by atoms with Gasteiger partial charge in [-0.2, -0.15) is 0 Å². The van der Waals surface area contributed by atoms with Crippen LogP contribution in [0.25, 0.3) is 0 Å². The molecule has 1 fully saturated rings. The Hall–Kier alpha value is -1.11. The van der Waals surface area contributed by atoms with E-state index in [1.165, 1.54) is 0 Å². The second-order valence-corrected chi connectivity index (χ2v) is 7.48. The lowest BCUT2D eigenvalue weighted by Gasteiger charge is -2.32. The predicted octanol–water partition coefficient (Wildman–Crippen LogP) is 0.814. The number of hydrogen-bond acceptors (Lipinski definition) is 5. The predicted molar refractivity (Wildman–Crippen MR) is 79.6 cm³/mol. The molecule has 6 heteroatoms. The van der Waals surface area contributed by atoms with Gasteiger partial charge in [0.05, 0.1) is 18.6 Å². The van der Waals surface area contributed by atoms with Gasteiger partial charge >= 0.3 is 0 Å². The van der Waals surface area contributed by atoms with Gasteiger partial charge in [0.25, 0.3) is 0 Å². The molecule has 2 unspecified atom stereocenters. The van der Waals surface area contributed by atoms with Crippen molar-refractivity contribution >= 4 is 9.84 Å². The quantitative estimate of drug-likeness (QED) is 0.871. The van der Waals surface area contributed by atoms with Crippen molar-refractivity contribution in [2.45, 2.75) is 18.5 Å². The molecular formula is C14H22N2O3S. The summed E-state index contributed by atoms with van der Waals surface area (Å²) in [6, 6.07) is 7.84. The maximum Gasteiger partial charge on any atom is 0.151 e. The number of nitrogens with two attached hydrogens (primary N) is 1. The minimum Gasteiger partial charge on any atom is -0.497 e. The second-order valence-electron chi connectivity index (χ2n) is 5.25. The number of methoxy groups -OCH3 is 1. The van der Waals surface area contributed by atoms with E-state index in [0.29, 0.717) is 13.0 Å². The average molecular weight is 298 g/mol. The van der Waals surface area contributed by atoms with Gasteiger partial charge in [0.15, 0.2) is 9.84 Å². The van der Waals surface area contributed by atoms with Gasteiger partial charge < -0.3 is 10.5 Å². The third-order valence-electron chi connectivity index (χ3n) is 4.00. The van der Waals surface area contributed by atoms with E-state index < -0.39 is 9.84 Å². The first-order valence-electron chi connectivity index (χ1n) is 6.73. The summed E-state index contributed by atoms with van der Waals surface area (Å²) in [5, 5.41) is 0. The molecule has 1 aliphatic heterocycles. The van der Waals surface area contributed by atoms with Crippen molar-refractivity contribution in [1.29, 1.82) is 0 Å². The van der Waals surface area contributed by atoms with Crippen LogP contribution in [0.1, 0.15) is 18.0 Å². The highest BCUT2D eigenvalue weighted by atomic mass is 32.2. The van der Waals surface area contributed by atoms with Crippen LogP contribution in [0.2, 0.25) is 0 Å². The van der Waals surface area contributed by atoms with Gasteiger partial charge in [-0.1, -0.05) is 12.1 Å². The molecule has 20 heavy (non-hydrogen) atoms. The summed E-state index contributed by atoms with van der Waals surface area (Å²) >= 11 is 0. The summed E-state index contributed by atoms with van der Waals surface area (Å²) in [6.45, 7) is 0.458. The van der Waals surface area contributed by atoms with E-state index in [1.807, 2.05) is 31.3 Å². The Bertz CT molecular complexity index is 542. The molecule has 0 saturated carbocycles. The van der Waals surface area contributed by atoms with Gasteiger partial charge in [-0.3, -0.25) is 4.90 Å². The Morgan fingerprint density at radius 2 is 2.05 bits per heavy atom. The lowest BCUT2D eigenvalue weighted by molar-refractivity contribution is 0.192. The molecular weight excluding hydrogens is 276 g/mol. The van der Waals surface area contributed by atoms with E-state index in [1.54, 1.807) is 7.11 Å². The summed E-state index contributed by atoms with van der Waals surface area (Å²) in [7, 11) is 0.704. The molecule has 0 bridgehead atoms. The first kappa shape index (κ1) is 15.3. The number of nitrogens with zero attached hydrogens (tertiary/aromatic N) is 1. The number of likely N-dealkylation sites (N-methyl/N-ethyl adjacent to an activating group) is 1. The zero-order valence-electron chi connectivity index (χ0n) is 12.0. The van der Waals surface area contributed by atoms with Crippen molar-refractivity contribution in [3.05, 3.63) is 29.8 Å². The van der Waals surface area contributed by atoms with E-state index in [4.69, 9.17) is 10.5 Å². The number of ether oxygens (including phenoxy) is 1. The first-order valence-corrected chi connectivity index (χ1v) is 8.55. The molecule has 1 heterocycles. The Morgan fingerprint density at radius 3 is 2.50 bits per heavy atom. The number of benzene rings is 1. The van der Waals surface area contributed by atoms with Crippen LogP contribution in [-0.2, 0) is 9.84 Å². The highest BCUT2D eigenvalue weighted by Crippen LogP contribution is 2.27. The fraction of sp³-hybridized carbons (Fsp3) is 0.571. The lowest BCUT2D eigenvalue weighted by atomic mass is 10.0. The van der Waals surface area contributed by atoms with Gasteiger partial charge in [0.2, 0.25) is 0 Å². The zero-order valence-corrected chi connectivity index (χ0v) is 12.8. The molecule has 1 aromatic rings. The van der Waals surface area contributed by atoms with E-state index in [0.717, 1.165) is 11.3 Å². The highest BCUT2D eigenvalue weighted by molar-refractivity contribution is 7.91. The van der Waals surface area contributed by atoms with E-state index in [2.05, 4.69) is 4.90 Å². The minimum atomic E-state index is -2.88. The maximum absolute atomic E-state index is 11.6. The van der Waals surface area contributed by atoms with Crippen molar-refractivity contribution in [3.8, 4) is 5.75 Å². The number of rotatable bonds is 5. The molecule has 2 atom stereocenters.